The maximum absolute atomic E-state index is 13.0. The van der Waals surface area contributed by atoms with Crippen molar-refractivity contribution in [2.75, 3.05) is 31.6 Å². The Hall–Kier alpha value is -4.32. The number of nitrogens with zero attached hydrogens (tertiary/aromatic N) is 4. The molecule has 2 aromatic heterocycles. The smallest absolute Gasteiger partial charge is 0.229 e. The van der Waals surface area contributed by atoms with Crippen molar-refractivity contribution in [3.05, 3.63) is 77.1 Å². The highest BCUT2D eigenvalue weighted by molar-refractivity contribution is 5.97. The molecule has 5 N–H and O–H groups in total. The number of amides is 2. The molecule has 2 amide bonds. The first-order valence-electron chi connectivity index (χ1n) is 17.3. The van der Waals surface area contributed by atoms with Crippen molar-refractivity contribution >= 4 is 28.5 Å². The van der Waals surface area contributed by atoms with Crippen LogP contribution in [0.1, 0.15) is 61.9 Å². The summed E-state index contributed by atoms with van der Waals surface area (Å²) in [5, 5.41) is 15.1. The molecule has 0 aliphatic carbocycles. The van der Waals surface area contributed by atoms with Gasteiger partial charge < -0.3 is 26.4 Å². The fourth-order valence-electron chi connectivity index (χ4n) is 6.73. The lowest BCUT2D eigenvalue weighted by molar-refractivity contribution is -0.129. The van der Waals surface area contributed by atoms with Crippen LogP contribution in [-0.4, -0.2) is 69.9 Å². The molecule has 48 heavy (non-hydrogen) atoms. The van der Waals surface area contributed by atoms with Crippen molar-refractivity contribution in [2.45, 2.75) is 84.2 Å². The minimum atomic E-state index is -0.333. The molecule has 4 aromatic rings. The maximum atomic E-state index is 13.0. The minimum Gasteiger partial charge on any atom is -0.381 e. The van der Waals surface area contributed by atoms with Gasteiger partial charge in [-0.15, -0.1) is 0 Å². The van der Waals surface area contributed by atoms with Crippen LogP contribution in [0.4, 0.5) is 5.69 Å². The molecule has 0 bridgehead atoms. The molecule has 11 heteroatoms. The number of likely N-dealkylation sites (tertiary alicyclic amines) is 1. The van der Waals surface area contributed by atoms with Crippen molar-refractivity contribution < 1.29 is 14.3 Å². The number of aromatic nitrogens is 3. The Balaban J connectivity index is 1.06. The zero-order valence-corrected chi connectivity index (χ0v) is 28.1. The summed E-state index contributed by atoms with van der Waals surface area (Å²) < 4.78 is 7.47. The second kappa shape index (κ2) is 15.7. The van der Waals surface area contributed by atoms with E-state index in [0.717, 1.165) is 83.6 Å². The highest BCUT2D eigenvalue weighted by Gasteiger charge is 2.23. The molecule has 6 rings (SSSR count). The molecule has 2 aromatic carbocycles. The van der Waals surface area contributed by atoms with E-state index in [-0.39, 0.29) is 36.9 Å². The summed E-state index contributed by atoms with van der Waals surface area (Å²) in [6.07, 6.45) is 5.16. The third-order valence-corrected chi connectivity index (χ3v) is 9.35. The Morgan fingerprint density at radius 3 is 2.35 bits per heavy atom. The molecule has 2 aliphatic heterocycles. The number of carbonyl (C=O) groups excluding carboxylic acids is 2. The lowest BCUT2D eigenvalue weighted by Gasteiger charge is -2.26. The van der Waals surface area contributed by atoms with Gasteiger partial charge in [-0.05, 0) is 67.0 Å². The van der Waals surface area contributed by atoms with E-state index in [4.69, 9.17) is 15.5 Å². The van der Waals surface area contributed by atoms with Crippen LogP contribution in [0.2, 0.25) is 0 Å². The van der Waals surface area contributed by atoms with Crippen molar-refractivity contribution in [1.82, 2.24) is 30.3 Å². The summed E-state index contributed by atoms with van der Waals surface area (Å²) in [6.45, 7) is 9.73. The van der Waals surface area contributed by atoms with Gasteiger partial charge in [0.1, 0.15) is 6.42 Å². The minimum absolute atomic E-state index is 0.254. The van der Waals surface area contributed by atoms with Crippen molar-refractivity contribution in [3.8, 4) is 11.1 Å². The van der Waals surface area contributed by atoms with Gasteiger partial charge in [0.2, 0.25) is 11.8 Å². The number of benzene rings is 2. The molecule has 1 unspecified atom stereocenters. The summed E-state index contributed by atoms with van der Waals surface area (Å²) in [4.78, 5) is 33.2. The number of ether oxygens (including phenoxy) is 1. The molecule has 1 atom stereocenters. The molecule has 0 saturated carbocycles. The van der Waals surface area contributed by atoms with E-state index in [2.05, 4.69) is 69.3 Å². The van der Waals surface area contributed by atoms with E-state index in [1.807, 2.05) is 29.9 Å². The second-order valence-corrected chi connectivity index (χ2v) is 12.9. The van der Waals surface area contributed by atoms with Crippen LogP contribution in [0, 0.1) is 0 Å². The van der Waals surface area contributed by atoms with E-state index < -0.39 is 0 Å². The quantitative estimate of drug-likeness (QED) is 0.158. The van der Waals surface area contributed by atoms with Crippen LogP contribution in [0.5, 0.6) is 0 Å². The Bertz CT molecular complexity index is 1730. The van der Waals surface area contributed by atoms with Crippen LogP contribution in [0.15, 0.2) is 54.7 Å². The monoisotopic (exact) mass is 652 g/mol. The molecule has 0 radical (unpaired) electrons. The average Bonchev–Trinajstić information content (AvgIpc) is 3.72. The summed E-state index contributed by atoms with van der Waals surface area (Å²) in [7, 11) is 0. The number of fused-ring (bicyclic) bond motifs is 1. The van der Waals surface area contributed by atoms with Gasteiger partial charge in [0.05, 0.1) is 17.3 Å². The number of hydrogen-bond donors (Lipinski definition) is 4. The third kappa shape index (κ3) is 8.21. The molecular weight excluding hydrogens is 604 g/mol. The Morgan fingerprint density at radius 2 is 1.67 bits per heavy atom. The molecular formula is C37H48N8O3. The largest absolute Gasteiger partial charge is 0.381 e. The first-order valence-corrected chi connectivity index (χ1v) is 17.3. The molecule has 0 spiro atoms. The fraction of sp³-hybridized carbons (Fsp3) is 0.459. The first-order chi connectivity index (χ1) is 23.4. The zero-order chi connectivity index (χ0) is 33.5. The third-order valence-electron chi connectivity index (χ3n) is 9.35. The van der Waals surface area contributed by atoms with Crippen molar-refractivity contribution in [2.24, 2.45) is 5.73 Å². The van der Waals surface area contributed by atoms with Crippen LogP contribution >= 0.6 is 0 Å². The fourth-order valence-corrected chi connectivity index (χ4v) is 6.73. The molecule has 2 aliphatic rings. The van der Waals surface area contributed by atoms with Gasteiger partial charge in [0.25, 0.3) is 0 Å². The number of aryl methyl sites for hydroxylation is 2. The van der Waals surface area contributed by atoms with Gasteiger partial charge in [-0.2, -0.15) is 5.10 Å². The van der Waals surface area contributed by atoms with Gasteiger partial charge in [-0.1, -0.05) is 43.3 Å². The Labute approximate surface area is 282 Å². The first kappa shape index (κ1) is 33.6. The molecule has 254 valence electrons. The lowest BCUT2D eigenvalue weighted by atomic mass is 10.0. The number of hydrogen-bond acceptors (Lipinski definition) is 8. The number of nitrogens with one attached hydrogen (secondary N) is 3. The van der Waals surface area contributed by atoms with Crippen LogP contribution < -0.4 is 21.7 Å². The molecule has 4 heterocycles. The summed E-state index contributed by atoms with van der Waals surface area (Å²) in [5.41, 5.74) is 14.2. The zero-order valence-electron chi connectivity index (χ0n) is 28.1. The number of rotatable bonds is 13. The topological polar surface area (TPSA) is 139 Å². The van der Waals surface area contributed by atoms with Gasteiger partial charge >= 0.3 is 0 Å². The van der Waals surface area contributed by atoms with Crippen molar-refractivity contribution in [1.29, 1.82) is 0 Å². The van der Waals surface area contributed by atoms with E-state index in [9.17, 15) is 9.59 Å². The lowest BCUT2D eigenvalue weighted by Crippen LogP contribution is -2.32. The average molecular weight is 653 g/mol. The van der Waals surface area contributed by atoms with Gasteiger partial charge in [-0.25, -0.2) is 9.67 Å². The van der Waals surface area contributed by atoms with E-state index in [1.165, 1.54) is 5.56 Å². The molecule has 2 saturated heterocycles. The predicted molar refractivity (Wildman–Crippen MR) is 188 cm³/mol. The SMILES string of the molecule is CCc1nc2c(cnn2CC)c(NC2CCOCC2)c1CNC(=O)CC(=O)NCc1cccc(-c2cccc(CN3CCC(N)C3)c2)c1. The number of pyridine rings is 1. The van der Waals surface area contributed by atoms with Gasteiger partial charge in [0, 0.05) is 75.8 Å². The van der Waals surface area contributed by atoms with E-state index >= 15 is 0 Å². The summed E-state index contributed by atoms with van der Waals surface area (Å²) >= 11 is 0. The second-order valence-electron chi connectivity index (χ2n) is 12.9. The predicted octanol–water partition coefficient (Wildman–Crippen LogP) is 4.13. The highest BCUT2D eigenvalue weighted by atomic mass is 16.5. The van der Waals surface area contributed by atoms with E-state index in [0.29, 0.717) is 32.7 Å². The van der Waals surface area contributed by atoms with Gasteiger partial charge in [-0.3, -0.25) is 14.5 Å². The number of anilines is 1. The number of nitrogens with two attached hydrogens (primary N) is 1. The Morgan fingerprint density at radius 1 is 0.958 bits per heavy atom. The van der Waals surface area contributed by atoms with Crippen LogP contribution in [0.25, 0.3) is 22.2 Å². The van der Waals surface area contributed by atoms with Crippen molar-refractivity contribution in [3.63, 3.8) is 0 Å². The van der Waals surface area contributed by atoms with Gasteiger partial charge in [0.15, 0.2) is 5.65 Å². The van der Waals surface area contributed by atoms with E-state index in [1.54, 1.807) is 0 Å². The van der Waals surface area contributed by atoms with Crippen LogP contribution in [-0.2, 0) is 46.9 Å². The maximum Gasteiger partial charge on any atom is 0.229 e. The molecule has 2 fully saturated rings. The standard InChI is InChI=1S/C37H48N8O3/c1-3-33-31(36(42-30-12-15-48-16-13-30)32-22-41-45(4-2)37(32)43-33)21-40-35(47)19-34(46)39-20-25-7-5-9-27(17-25)28-10-6-8-26(18-28)23-44-14-11-29(38)24-44/h5-10,17-18,22,29-30H,3-4,11-16,19-21,23-24,38H2,1-2H3,(H,39,46)(H,40,47)(H,42,43). The summed E-state index contributed by atoms with van der Waals surface area (Å²) in [6, 6.07) is 17.3. The summed E-state index contributed by atoms with van der Waals surface area (Å²) in [5.74, 6) is -0.654. The van der Waals surface area contributed by atoms with Crippen LogP contribution in [0.3, 0.4) is 0 Å². The normalized spacial score (nSPS) is 17.1. The molecule has 11 nitrogen and oxygen atoms in total. The highest BCUT2D eigenvalue weighted by Crippen LogP contribution is 2.31. The Kier molecular flexibility index (Phi) is 11.0. The number of carbonyl (C=O) groups is 2.